The third-order valence-electron chi connectivity index (χ3n) is 2.58. The Hall–Kier alpha value is -1.99. The summed E-state index contributed by atoms with van der Waals surface area (Å²) in [5.41, 5.74) is -0.199. The van der Waals surface area contributed by atoms with Crippen LogP contribution in [0.3, 0.4) is 0 Å². The molecule has 2 N–H and O–H groups in total. The quantitative estimate of drug-likeness (QED) is 0.760. The summed E-state index contributed by atoms with van der Waals surface area (Å²) in [6.07, 6.45) is 0. The topological polar surface area (TPSA) is 83.0 Å². The van der Waals surface area contributed by atoms with Crippen LogP contribution in [-0.4, -0.2) is 21.0 Å². The van der Waals surface area contributed by atoms with Crippen molar-refractivity contribution < 1.29 is 9.90 Å². The number of fused-ring (bicyclic) bond motifs is 1. The molecule has 3 heterocycles. The molecule has 0 atom stereocenters. The summed E-state index contributed by atoms with van der Waals surface area (Å²) in [6.45, 7) is 1.92. The molecular formula is C12H8N2O3S2. The van der Waals surface area contributed by atoms with Crippen LogP contribution in [0.25, 0.3) is 20.9 Å². The number of aromatic amines is 1. The van der Waals surface area contributed by atoms with Crippen LogP contribution in [0.4, 0.5) is 0 Å². The van der Waals surface area contributed by atoms with Gasteiger partial charge < -0.3 is 10.1 Å². The minimum absolute atomic E-state index is 0.199. The Labute approximate surface area is 115 Å². The van der Waals surface area contributed by atoms with E-state index in [1.807, 2.05) is 6.92 Å². The van der Waals surface area contributed by atoms with E-state index in [2.05, 4.69) is 9.97 Å². The van der Waals surface area contributed by atoms with Gasteiger partial charge in [0.1, 0.15) is 9.71 Å². The van der Waals surface area contributed by atoms with E-state index < -0.39 is 5.97 Å². The largest absolute Gasteiger partial charge is 0.477 e. The van der Waals surface area contributed by atoms with E-state index in [-0.39, 0.29) is 10.4 Å². The maximum Gasteiger partial charge on any atom is 0.345 e. The number of nitrogens with one attached hydrogen (secondary N) is 1. The van der Waals surface area contributed by atoms with Crippen LogP contribution in [0, 0.1) is 6.92 Å². The molecule has 7 heteroatoms. The number of carboxylic acid groups (broad SMARTS) is 1. The molecule has 0 spiro atoms. The van der Waals surface area contributed by atoms with Gasteiger partial charge >= 0.3 is 5.97 Å². The van der Waals surface area contributed by atoms with Crippen molar-refractivity contribution in [2.24, 2.45) is 0 Å². The molecule has 96 valence electrons. The molecule has 19 heavy (non-hydrogen) atoms. The molecule has 0 aliphatic heterocycles. The molecule has 0 unspecified atom stereocenters. The number of aromatic carboxylic acids is 1. The van der Waals surface area contributed by atoms with E-state index in [4.69, 9.17) is 5.11 Å². The Bertz CT molecular complexity index is 844. The second-order valence-electron chi connectivity index (χ2n) is 3.96. The Morgan fingerprint density at radius 2 is 2.16 bits per heavy atom. The van der Waals surface area contributed by atoms with Gasteiger partial charge in [-0.15, -0.1) is 22.7 Å². The number of H-pyrrole nitrogens is 1. The van der Waals surface area contributed by atoms with Gasteiger partial charge in [0.25, 0.3) is 5.56 Å². The number of hydrogen-bond donors (Lipinski definition) is 2. The van der Waals surface area contributed by atoms with Crippen molar-refractivity contribution in [3.63, 3.8) is 0 Å². The van der Waals surface area contributed by atoms with Gasteiger partial charge in [-0.05, 0) is 25.1 Å². The summed E-state index contributed by atoms with van der Waals surface area (Å²) < 4.78 is 0. The fourth-order valence-electron chi connectivity index (χ4n) is 1.75. The maximum atomic E-state index is 11.9. The first-order valence-electron chi connectivity index (χ1n) is 5.38. The fourth-order valence-corrected chi connectivity index (χ4v) is 3.42. The number of carboxylic acids is 1. The van der Waals surface area contributed by atoms with Gasteiger partial charge in [0.05, 0.1) is 10.3 Å². The fraction of sp³-hybridized carbons (Fsp3) is 0.0833. The molecule has 0 amide bonds. The SMILES string of the molecule is Cc1cc2c(=O)[nH]c(-c3ccc(C(=O)O)s3)nc2s1. The molecular weight excluding hydrogens is 284 g/mol. The van der Waals surface area contributed by atoms with Gasteiger partial charge in [-0.3, -0.25) is 4.79 Å². The summed E-state index contributed by atoms with van der Waals surface area (Å²) >= 11 is 2.54. The molecule has 0 saturated carbocycles. The normalized spacial score (nSPS) is 11.0. The van der Waals surface area contributed by atoms with E-state index in [0.29, 0.717) is 20.9 Å². The number of hydrogen-bond acceptors (Lipinski definition) is 5. The number of thiophene rings is 2. The van der Waals surface area contributed by atoms with Gasteiger partial charge in [-0.25, -0.2) is 9.78 Å². The second-order valence-corrected chi connectivity index (χ2v) is 6.28. The molecule has 0 radical (unpaired) electrons. The molecule has 0 aromatic carbocycles. The standard InChI is InChI=1S/C12H8N2O3S2/c1-5-4-6-10(15)13-9(14-11(6)18-5)7-2-3-8(19-7)12(16)17/h2-4H,1H3,(H,16,17)(H,13,14,15). The lowest BCUT2D eigenvalue weighted by atomic mass is 10.3. The van der Waals surface area contributed by atoms with E-state index in [0.717, 1.165) is 16.2 Å². The molecule has 0 saturated heterocycles. The molecule has 3 rings (SSSR count). The van der Waals surface area contributed by atoms with Crippen LogP contribution in [0.15, 0.2) is 23.0 Å². The van der Waals surface area contributed by atoms with Crippen molar-refractivity contribution in [1.29, 1.82) is 0 Å². The minimum atomic E-state index is -0.980. The molecule has 0 aliphatic rings. The summed E-state index contributed by atoms with van der Waals surface area (Å²) in [5.74, 6) is -0.566. The van der Waals surface area contributed by atoms with Crippen molar-refractivity contribution in [3.8, 4) is 10.7 Å². The summed E-state index contributed by atoms with van der Waals surface area (Å²) in [5, 5.41) is 9.47. The average Bonchev–Trinajstić information content (AvgIpc) is 2.94. The zero-order valence-electron chi connectivity index (χ0n) is 9.76. The van der Waals surface area contributed by atoms with Crippen LogP contribution < -0.4 is 5.56 Å². The van der Waals surface area contributed by atoms with Crippen molar-refractivity contribution in [2.45, 2.75) is 6.92 Å². The highest BCUT2D eigenvalue weighted by Crippen LogP contribution is 2.27. The van der Waals surface area contributed by atoms with Crippen LogP contribution >= 0.6 is 22.7 Å². The minimum Gasteiger partial charge on any atom is -0.477 e. The number of aromatic nitrogens is 2. The van der Waals surface area contributed by atoms with Crippen LogP contribution in [-0.2, 0) is 0 Å². The summed E-state index contributed by atoms with van der Waals surface area (Å²) in [7, 11) is 0. The average molecular weight is 292 g/mol. The lowest BCUT2D eigenvalue weighted by molar-refractivity contribution is 0.0702. The van der Waals surface area contributed by atoms with E-state index in [1.165, 1.54) is 17.4 Å². The molecule has 0 aliphatic carbocycles. The number of nitrogens with zero attached hydrogens (tertiary/aromatic N) is 1. The lowest BCUT2D eigenvalue weighted by Crippen LogP contribution is -2.07. The van der Waals surface area contributed by atoms with Gasteiger partial charge in [0.15, 0.2) is 5.82 Å². The third-order valence-corrected chi connectivity index (χ3v) is 4.60. The lowest BCUT2D eigenvalue weighted by Gasteiger charge is -1.96. The van der Waals surface area contributed by atoms with Crippen molar-refractivity contribution in [3.05, 3.63) is 38.3 Å². The molecule has 3 aromatic rings. The predicted molar refractivity (Wildman–Crippen MR) is 75.3 cm³/mol. The Kier molecular flexibility index (Phi) is 2.72. The first-order valence-corrected chi connectivity index (χ1v) is 7.02. The highest BCUT2D eigenvalue weighted by atomic mass is 32.1. The monoisotopic (exact) mass is 292 g/mol. The number of aryl methyl sites for hydroxylation is 1. The van der Waals surface area contributed by atoms with Gasteiger partial charge in [-0.1, -0.05) is 0 Å². The zero-order chi connectivity index (χ0) is 13.6. The summed E-state index contributed by atoms with van der Waals surface area (Å²) in [6, 6.07) is 4.96. The van der Waals surface area contributed by atoms with Gasteiger partial charge in [-0.2, -0.15) is 0 Å². The highest BCUT2D eigenvalue weighted by molar-refractivity contribution is 7.18. The second kappa shape index (κ2) is 4.29. The molecule has 0 fully saturated rings. The van der Waals surface area contributed by atoms with E-state index >= 15 is 0 Å². The van der Waals surface area contributed by atoms with Gasteiger partial charge in [0, 0.05) is 4.88 Å². The first kappa shape index (κ1) is 12.1. The number of carbonyl (C=O) groups is 1. The highest BCUT2D eigenvalue weighted by Gasteiger charge is 2.12. The smallest absolute Gasteiger partial charge is 0.345 e. The molecule has 0 bridgehead atoms. The number of rotatable bonds is 2. The van der Waals surface area contributed by atoms with Crippen LogP contribution in [0.2, 0.25) is 0 Å². The Morgan fingerprint density at radius 3 is 2.84 bits per heavy atom. The Morgan fingerprint density at radius 1 is 1.37 bits per heavy atom. The summed E-state index contributed by atoms with van der Waals surface area (Å²) in [4.78, 5) is 32.4. The maximum absolute atomic E-state index is 11.9. The van der Waals surface area contributed by atoms with Crippen molar-refractivity contribution >= 4 is 38.9 Å². The van der Waals surface area contributed by atoms with E-state index in [9.17, 15) is 9.59 Å². The van der Waals surface area contributed by atoms with Crippen molar-refractivity contribution in [1.82, 2.24) is 9.97 Å². The molecule has 5 nitrogen and oxygen atoms in total. The molecule has 3 aromatic heterocycles. The zero-order valence-corrected chi connectivity index (χ0v) is 11.4. The van der Waals surface area contributed by atoms with E-state index in [1.54, 1.807) is 12.1 Å². The first-order chi connectivity index (χ1) is 9.04. The van der Waals surface area contributed by atoms with Gasteiger partial charge in [0.2, 0.25) is 0 Å². The third kappa shape index (κ3) is 2.06. The van der Waals surface area contributed by atoms with Crippen LogP contribution in [0.1, 0.15) is 14.5 Å². The Balaban J connectivity index is 2.19. The predicted octanol–water partition coefficient (Wildman–Crippen LogP) is 2.72. The van der Waals surface area contributed by atoms with Crippen molar-refractivity contribution in [2.75, 3.05) is 0 Å². The van der Waals surface area contributed by atoms with Crippen LogP contribution in [0.5, 0.6) is 0 Å².